The number of para-hydroxylation sites is 2. The number of nitrogens with zero attached hydrogens (tertiary/aromatic N) is 2. The molecule has 8 heteroatoms. The average molecular weight is 421 g/mol. The van der Waals surface area contributed by atoms with Crippen molar-refractivity contribution in [2.45, 2.75) is 12.8 Å². The van der Waals surface area contributed by atoms with Crippen LogP contribution in [0.25, 0.3) is 0 Å². The number of hydrogen-bond acceptors (Lipinski definition) is 5. The lowest BCUT2D eigenvalue weighted by Gasteiger charge is -2.29. The van der Waals surface area contributed by atoms with Gasteiger partial charge in [-0.2, -0.15) is 0 Å². The van der Waals surface area contributed by atoms with Crippen molar-refractivity contribution >= 4 is 23.2 Å². The minimum Gasteiger partial charge on any atom is -0.490 e. The van der Waals surface area contributed by atoms with Crippen LogP contribution in [0.3, 0.4) is 0 Å². The summed E-state index contributed by atoms with van der Waals surface area (Å²) in [5, 5.41) is 2.72. The second-order valence-electron chi connectivity index (χ2n) is 6.85. The molecule has 2 amide bonds. The number of carbonyl (C=O) groups excluding carboxylic acids is 2. The molecule has 0 saturated carbocycles. The fourth-order valence-corrected chi connectivity index (χ4v) is 3.15. The molecule has 1 aliphatic rings. The van der Waals surface area contributed by atoms with Crippen molar-refractivity contribution in [3.63, 3.8) is 0 Å². The van der Waals surface area contributed by atoms with Gasteiger partial charge in [-0.15, -0.1) is 0 Å². The van der Waals surface area contributed by atoms with Crippen LogP contribution < -0.4 is 19.7 Å². The van der Waals surface area contributed by atoms with Gasteiger partial charge >= 0.3 is 0 Å². The van der Waals surface area contributed by atoms with Gasteiger partial charge in [0.15, 0.2) is 0 Å². The van der Waals surface area contributed by atoms with Crippen molar-refractivity contribution < 1.29 is 23.5 Å². The number of anilines is 2. The van der Waals surface area contributed by atoms with Gasteiger partial charge in [-0.25, -0.2) is 9.37 Å². The van der Waals surface area contributed by atoms with E-state index >= 15 is 0 Å². The lowest BCUT2D eigenvalue weighted by atomic mass is 10.2. The van der Waals surface area contributed by atoms with Gasteiger partial charge in [0.05, 0.1) is 24.1 Å². The molecule has 0 unspecified atom stereocenters. The molecule has 2 heterocycles. The minimum atomic E-state index is -0.352. The van der Waals surface area contributed by atoms with Gasteiger partial charge in [-0.1, -0.05) is 12.1 Å². The molecule has 0 fully saturated rings. The number of ether oxygens (including phenoxy) is 2. The second-order valence-corrected chi connectivity index (χ2v) is 6.85. The molecule has 0 atom stereocenters. The van der Waals surface area contributed by atoms with Crippen molar-refractivity contribution in [3.05, 3.63) is 72.7 Å². The van der Waals surface area contributed by atoms with Crippen LogP contribution in [0.15, 0.2) is 66.9 Å². The van der Waals surface area contributed by atoms with E-state index in [2.05, 4.69) is 10.3 Å². The number of aromatic nitrogens is 1. The highest BCUT2D eigenvalue weighted by Gasteiger charge is 2.23. The van der Waals surface area contributed by atoms with E-state index in [0.717, 1.165) is 5.69 Å². The first-order valence-electron chi connectivity index (χ1n) is 9.80. The predicted octanol–water partition coefficient (Wildman–Crippen LogP) is 4.16. The lowest BCUT2D eigenvalue weighted by Crippen LogP contribution is -2.38. The second kappa shape index (κ2) is 9.25. The molecule has 158 valence electrons. The third kappa shape index (κ3) is 5.16. The summed E-state index contributed by atoms with van der Waals surface area (Å²) in [4.78, 5) is 30.6. The zero-order chi connectivity index (χ0) is 21.6. The van der Waals surface area contributed by atoms with Crippen molar-refractivity contribution in [1.82, 2.24) is 4.98 Å². The Kier molecular flexibility index (Phi) is 6.07. The van der Waals surface area contributed by atoms with Crippen LogP contribution in [0.2, 0.25) is 0 Å². The first-order chi connectivity index (χ1) is 15.1. The molecule has 1 aromatic heterocycles. The van der Waals surface area contributed by atoms with E-state index in [0.29, 0.717) is 36.2 Å². The lowest BCUT2D eigenvalue weighted by molar-refractivity contribution is -0.122. The number of benzene rings is 2. The summed E-state index contributed by atoms with van der Waals surface area (Å²) in [7, 11) is 0. The summed E-state index contributed by atoms with van der Waals surface area (Å²) in [6.07, 6.45) is 1.59. The Balaban J connectivity index is 1.28. The smallest absolute Gasteiger partial charge is 0.227 e. The number of nitrogens with one attached hydrogen (secondary N) is 1. The van der Waals surface area contributed by atoms with Crippen molar-refractivity contribution in [1.29, 1.82) is 0 Å². The average Bonchev–Trinajstić information content (AvgIpc) is 2.80. The number of pyridine rings is 1. The monoisotopic (exact) mass is 421 g/mol. The number of hydrogen-bond donors (Lipinski definition) is 1. The van der Waals surface area contributed by atoms with Gasteiger partial charge in [0.1, 0.15) is 23.9 Å². The molecule has 0 bridgehead atoms. The van der Waals surface area contributed by atoms with Gasteiger partial charge in [0.25, 0.3) is 0 Å². The molecule has 0 spiro atoms. The van der Waals surface area contributed by atoms with E-state index in [1.165, 1.54) is 30.5 Å². The fraction of sp³-hybridized carbons (Fsp3) is 0.174. The summed E-state index contributed by atoms with van der Waals surface area (Å²) < 4.78 is 24.0. The zero-order valence-electron chi connectivity index (χ0n) is 16.6. The van der Waals surface area contributed by atoms with Crippen LogP contribution >= 0.6 is 0 Å². The largest absolute Gasteiger partial charge is 0.490 e. The minimum absolute atomic E-state index is 0.0478. The summed E-state index contributed by atoms with van der Waals surface area (Å²) in [6, 6.07) is 16.2. The van der Waals surface area contributed by atoms with Crippen LogP contribution in [0.4, 0.5) is 15.8 Å². The van der Waals surface area contributed by atoms with Gasteiger partial charge < -0.3 is 19.7 Å². The molecule has 3 aromatic rings. The normalized spacial score (nSPS) is 12.5. The molecular weight excluding hydrogens is 401 g/mol. The maximum absolute atomic E-state index is 12.9. The van der Waals surface area contributed by atoms with Gasteiger partial charge in [-0.3, -0.25) is 9.59 Å². The highest BCUT2D eigenvalue weighted by Crippen LogP contribution is 2.31. The molecule has 0 radical (unpaired) electrons. The Morgan fingerprint density at radius 3 is 2.65 bits per heavy atom. The summed E-state index contributed by atoms with van der Waals surface area (Å²) >= 11 is 0. The van der Waals surface area contributed by atoms with Gasteiger partial charge in [0, 0.05) is 18.9 Å². The Bertz CT molecular complexity index is 1070. The number of fused-ring (bicyclic) bond motifs is 1. The van der Waals surface area contributed by atoms with Crippen LogP contribution in [-0.4, -0.2) is 29.9 Å². The summed E-state index contributed by atoms with van der Waals surface area (Å²) in [6.45, 7) is 0.879. The molecule has 1 aliphatic heterocycles. The molecule has 31 heavy (non-hydrogen) atoms. The highest BCUT2D eigenvalue weighted by molar-refractivity contribution is 5.99. The zero-order valence-corrected chi connectivity index (χ0v) is 16.6. The summed E-state index contributed by atoms with van der Waals surface area (Å²) in [5.74, 6) is 0.658. The van der Waals surface area contributed by atoms with E-state index in [1.807, 2.05) is 24.3 Å². The van der Waals surface area contributed by atoms with Crippen LogP contribution in [0, 0.1) is 5.82 Å². The molecule has 0 saturated heterocycles. The quantitative estimate of drug-likeness (QED) is 0.647. The Hall–Kier alpha value is -3.94. The van der Waals surface area contributed by atoms with E-state index in [4.69, 9.17) is 9.47 Å². The standard InChI is InChI=1S/C23H20FN3O4/c24-16-5-8-18(9-6-16)31-22-11-7-17(15-25-22)26-21(28)10-12-23(29)27-13-14-30-20-4-2-1-3-19(20)27/h1-9,11,15H,10,12-14H2,(H,26,28). The Labute approximate surface area is 178 Å². The molecule has 0 aliphatic carbocycles. The van der Waals surface area contributed by atoms with E-state index in [1.54, 1.807) is 17.0 Å². The molecule has 4 rings (SSSR count). The topological polar surface area (TPSA) is 80.8 Å². The van der Waals surface area contributed by atoms with E-state index < -0.39 is 0 Å². The van der Waals surface area contributed by atoms with Crippen molar-refractivity contribution in [2.75, 3.05) is 23.4 Å². The Morgan fingerprint density at radius 2 is 1.87 bits per heavy atom. The molecule has 2 aromatic carbocycles. The summed E-state index contributed by atoms with van der Waals surface area (Å²) in [5.41, 5.74) is 1.21. The first kappa shape index (κ1) is 20.3. The number of amides is 2. The Morgan fingerprint density at radius 1 is 1.06 bits per heavy atom. The number of halogens is 1. The third-order valence-corrected chi connectivity index (χ3v) is 4.65. The predicted molar refractivity (Wildman–Crippen MR) is 113 cm³/mol. The fourth-order valence-electron chi connectivity index (χ4n) is 3.15. The van der Waals surface area contributed by atoms with Crippen LogP contribution in [0.1, 0.15) is 12.8 Å². The maximum Gasteiger partial charge on any atom is 0.227 e. The maximum atomic E-state index is 12.9. The molecular formula is C23H20FN3O4. The number of rotatable bonds is 6. The van der Waals surface area contributed by atoms with Crippen LogP contribution in [-0.2, 0) is 9.59 Å². The van der Waals surface area contributed by atoms with Crippen LogP contribution in [0.5, 0.6) is 17.4 Å². The van der Waals surface area contributed by atoms with Crippen molar-refractivity contribution in [3.8, 4) is 17.4 Å². The van der Waals surface area contributed by atoms with E-state index in [-0.39, 0.29) is 30.5 Å². The first-order valence-corrected chi connectivity index (χ1v) is 9.80. The number of carbonyl (C=O) groups is 2. The molecule has 1 N–H and O–H groups in total. The van der Waals surface area contributed by atoms with Gasteiger partial charge in [0.2, 0.25) is 17.7 Å². The highest BCUT2D eigenvalue weighted by atomic mass is 19.1. The molecule has 7 nitrogen and oxygen atoms in total. The van der Waals surface area contributed by atoms with E-state index in [9.17, 15) is 14.0 Å². The third-order valence-electron chi connectivity index (χ3n) is 4.65. The van der Waals surface area contributed by atoms with Crippen molar-refractivity contribution in [2.24, 2.45) is 0 Å². The van der Waals surface area contributed by atoms with Gasteiger partial charge in [-0.05, 0) is 42.5 Å². The SMILES string of the molecule is O=C(CCC(=O)N1CCOc2ccccc21)Nc1ccc(Oc2ccc(F)cc2)nc1.